The van der Waals surface area contributed by atoms with Crippen molar-refractivity contribution < 1.29 is 36.3 Å². The van der Waals surface area contributed by atoms with Crippen LogP contribution in [-0.2, 0) is 14.2 Å². The maximum atomic E-state index is 5.98. The Kier molecular flexibility index (Phi) is 7.07. The Hall–Kier alpha value is -5.76. The lowest BCUT2D eigenvalue weighted by Gasteiger charge is -2.10. The van der Waals surface area contributed by atoms with Gasteiger partial charge >= 0.3 is 0 Å². The van der Waals surface area contributed by atoms with E-state index in [2.05, 4.69) is 39.5 Å². The topological polar surface area (TPSA) is 93.4 Å². The number of furan rings is 5. The molecule has 8 nitrogen and oxygen atoms in total. The van der Waals surface area contributed by atoms with Crippen LogP contribution < -0.4 is 0 Å². The van der Waals surface area contributed by atoms with Crippen molar-refractivity contribution in [1.29, 1.82) is 0 Å². The molecule has 0 aliphatic heterocycles. The predicted molar refractivity (Wildman–Crippen MR) is 149 cm³/mol. The molecule has 0 aliphatic carbocycles. The van der Waals surface area contributed by atoms with Crippen LogP contribution in [0.4, 0.5) is 0 Å². The Morgan fingerprint density at radius 3 is 1.45 bits per heavy atom. The minimum atomic E-state index is 0.177. The summed E-state index contributed by atoms with van der Waals surface area (Å²) in [4.78, 5) is 0. The molecular formula is C32H24O8. The highest BCUT2D eigenvalue weighted by Gasteiger charge is 2.18. The maximum absolute atomic E-state index is 5.98. The van der Waals surface area contributed by atoms with E-state index in [0.29, 0.717) is 57.6 Å². The van der Waals surface area contributed by atoms with Gasteiger partial charge in [0.1, 0.15) is 0 Å². The van der Waals surface area contributed by atoms with Gasteiger partial charge in [-0.3, -0.25) is 0 Å². The van der Waals surface area contributed by atoms with E-state index < -0.39 is 0 Å². The molecular weight excluding hydrogens is 512 g/mol. The average molecular weight is 537 g/mol. The van der Waals surface area contributed by atoms with Gasteiger partial charge in [0.25, 0.3) is 0 Å². The quantitative estimate of drug-likeness (QED) is 0.108. The van der Waals surface area contributed by atoms with E-state index in [1.807, 2.05) is 0 Å². The first kappa shape index (κ1) is 25.9. The SMILES string of the molecule is C=COC(=C)C(=C)OC(=C)c1ccc(-c2ccc(-c3ccc(-c4ccc(C(=C)OC(=C)c5ccco5)o4)o3)o2)o1. The van der Waals surface area contributed by atoms with Crippen LogP contribution in [0.1, 0.15) is 17.3 Å². The van der Waals surface area contributed by atoms with Gasteiger partial charge < -0.3 is 36.3 Å². The molecule has 5 rings (SSSR count). The maximum Gasteiger partial charge on any atom is 0.170 e. The van der Waals surface area contributed by atoms with Gasteiger partial charge in [-0.2, -0.15) is 0 Å². The van der Waals surface area contributed by atoms with Crippen molar-refractivity contribution in [3.05, 3.63) is 141 Å². The van der Waals surface area contributed by atoms with E-state index in [1.165, 1.54) is 12.5 Å². The molecule has 0 atom stereocenters. The Bertz CT molecular complexity index is 1730. The van der Waals surface area contributed by atoms with Crippen molar-refractivity contribution in [2.24, 2.45) is 0 Å². The Labute approximate surface area is 229 Å². The molecule has 8 heteroatoms. The van der Waals surface area contributed by atoms with Crippen LogP contribution >= 0.6 is 0 Å². The Morgan fingerprint density at radius 1 is 0.525 bits per heavy atom. The molecule has 0 spiro atoms. The zero-order valence-electron chi connectivity index (χ0n) is 21.4. The molecule has 0 aromatic carbocycles. The average Bonchev–Trinajstić information content (AvgIpc) is 3.76. The fraction of sp³-hybridized carbons (Fsp3) is 0. The molecule has 200 valence electrons. The summed E-state index contributed by atoms with van der Waals surface area (Å²) in [6.07, 6.45) is 2.76. The van der Waals surface area contributed by atoms with Crippen molar-refractivity contribution in [3.8, 4) is 34.6 Å². The van der Waals surface area contributed by atoms with Crippen LogP contribution in [0.15, 0.2) is 146 Å². The van der Waals surface area contributed by atoms with Crippen LogP contribution in [-0.4, -0.2) is 0 Å². The molecule has 5 aromatic heterocycles. The molecule has 5 heterocycles. The van der Waals surface area contributed by atoms with E-state index >= 15 is 0 Å². The second-order valence-electron chi connectivity index (χ2n) is 8.24. The third-order valence-electron chi connectivity index (χ3n) is 5.53. The minimum Gasteiger partial charge on any atom is -0.462 e. The van der Waals surface area contributed by atoms with E-state index in [4.69, 9.17) is 36.3 Å². The van der Waals surface area contributed by atoms with Gasteiger partial charge in [0.2, 0.25) is 0 Å². The van der Waals surface area contributed by atoms with Crippen LogP contribution in [0, 0.1) is 0 Å². The molecule has 40 heavy (non-hydrogen) atoms. The Balaban J connectivity index is 1.24. The van der Waals surface area contributed by atoms with Crippen LogP contribution in [0.25, 0.3) is 51.8 Å². The molecule has 0 unspecified atom stereocenters. The molecule has 0 saturated heterocycles. The summed E-state index contributed by atoms with van der Waals surface area (Å²) < 4.78 is 45.2. The van der Waals surface area contributed by atoms with Gasteiger partial charge in [-0.1, -0.05) is 39.5 Å². The second kappa shape index (κ2) is 10.9. The molecule has 0 saturated carbocycles. The first-order valence-corrected chi connectivity index (χ1v) is 11.9. The fourth-order valence-electron chi connectivity index (χ4n) is 3.55. The summed E-state index contributed by atoms with van der Waals surface area (Å²) in [5.41, 5.74) is 0. The number of hydrogen-bond acceptors (Lipinski definition) is 8. The zero-order valence-corrected chi connectivity index (χ0v) is 21.4. The lowest BCUT2D eigenvalue weighted by molar-refractivity contribution is 0.288. The van der Waals surface area contributed by atoms with Crippen molar-refractivity contribution in [1.82, 2.24) is 0 Å². The highest BCUT2D eigenvalue weighted by Crippen LogP contribution is 2.35. The van der Waals surface area contributed by atoms with Crippen LogP contribution in [0.3, 0.4) is 0 Å². The minimum absolute atomic E-state index is 0.177. The van der Waals surface area contributed by atoms with Crippen molar-refractivity contribution in [2.45, 2.75) is 0 Å². The highest BCUT2D eigenvalue weighted by atomic mass is 16.5. The monoisotopic (exact) mass is 536 g/mol. The van der Waals surface area contributed by atoms with E-state index in [1.54, 1.807) is 60.7 Å². The van der Waals surface area contributed by atoms with Gasteiger partial charge in [-0.15, -0.1) is 0 Å². The molecule has 0 N–H and O–H groups in total. The van der Waals surface area contributed by atoms with Crippen LogP contribution in [0.2, 0.25) is 0 Å². The van der Waals surface area contributed by atoms with E-state index in [9.17, 15) is 0 Å². The summed E-state index contributed by atoms with van der Waals surface area (Å²) in [6.45, 7) is 22.5. The molecule has 0 radical (unpaired) electrons. The highest BCUT2D eigenvalue weighted by molar-refractivity contribution is 5.66. The van der Waals surface area contributed by atoms with Crippen LogP contribution in [0.5, 0.6) is 0 Å². The van der Waals surface area contributed by atoms with Crippen molar-refractivity contribution in [3.63, 3.8) is 0 Å². The second-order valence-corrected chi connectivity index (χ2v) is 8.24. The molecule has 5 aromatic rings. The summed E-state index contributed by atoms with van der Waals surface area (Å²) in [5, 5.41) is 0. The molecule has 0 aliphatic rings. The number of ether oxygens (including phenoxy) is 3. The van der Waals surface area contributed by atoms with Gasteiger partial charge in [0.05, 0.1) is 12.5 Å². The molecule has 0 amide bonds. The third-order valence-corrected chi connectivity index (χ3v) is 5.53. The Morgan fingerprint density at radius 2 is 0.975 bits per heavy atom. The van der Waals surface area contributed by atoms with Gasteiger partial charge in [-0.25, -0.2) is 0 Å². The van der Waals surface area contributed by atoms with Crippen molar-refractivity contribution in [2.75, 3.05) is 0 Å². The van der Waals surface area contributed by atoms with Crippen molar-refractivity contribution >= 4 is 17.3 Å². The van der Waals surface area contributed by atoms with Gasteiger partial charge in [0.15, 0.2) is 80.6 Å². The summed E-state index contributed by atoms with van der Waals surface area (Å²) in [7, 11) is 0. The normalized spacial score (nSPS) is 10.6. The molecule has 0 bridgehead atoms. The third kappa shape index (κ3) is 5.41. The first-order valence-electron chi connectivity index (χ1n) is 11.9. The lowest BCUT2D eigenvalue weighted by atomic mass is 10.3. The number of rotatable bonds is 13. The first-order chi connectivity index (χ1) is 19.3. The zero-order chi connectivity index (χ0) is 28.2. The molecule has 0 fully saturated rings. The van der Waals surface area contributed by atoms with Gasteiger partial charge in [0, 0.05) is 0 Å². The fourth-order valence-corrected chi connectivity index (χ4v) is 3.55. The number of hydrogen-bond donors (Lipinski definition) is 0. The van der Waals surface area contributed by atoms with Gasteiger partial charge in [-0.05, 0) is 60.7 Å². The van der Waals surface area contributed by atoms with E-state index in [-0.39, 0.29) is 23.0 Å². The summed E-state index contributed by atoms with van der Waals surface area (Å²) in [5.74, 6) is 5.42. The smallest absolute Gasteiger partial charge is 0.170 e. The predicted octanol–water partition coefficient (Wildman–Crippen LogP) is 9.49. The summed E-state index contributed by atoms with van der Waals surface area (Å²) in [6, 6.07) is 17.5. The summed E-state index contributed by atoms with van der Waals surface area (Å²) >= 11 is 0. The lowest BCUT2D eigenvalue weighted by Crippen LogP contribution is -1.94. The standard InChI is InChI=1S/C32H24O8/c1-7-33-19(2)20(3)35-22(5)25-10-12-27(37-25)29-14-16-31(39-29)32-17-15-30(40-32)28-13-11-26(38-28)23(6)36-21(4)24-9-8-18-34-24/h7-18H,1-6H2. The van der Waals surface area contributed by atoms with E-state index in [0.717, 1.165) is 0 Å². The largest absolute Gasteiger partial charge is 0.462 e.